The van der Waals surface area contributed by atoms with Crippen LogP contribution in [0.4, 0.5) is 4.39 Å². The summed E-state index contributed by atoms with van der Waals surface area (Å²) in [5, 5.41) is 3.66. The first-order valence-corrected chi connectivity index (χ1v) is 9.21. The molecular formula is C17H19FINS. The largest absolute Gasteiger partial charge is 0.306 e. The topological polar surface area (TPSA) is 12.0 Å². The maximum absolute atomic E-state index is 13.7. The van der Waals surface area contributed by atoms with Crippen molar-refractivity contribution in [3.8, 4) is 0 Å². The number of hydrogen-bond donors (Lipinski definition) is 1. The van der Waals surface area contributed by atoms with Gasteiger partial charge in [0.2, 0.25) is 0 Å². The van der Waals surface area contributed by atoms with Crippen LogP contribution >= 0.6 is 33.9 Å². The van der Waals surface area contributed by atoms with E-state index in [1.165, 1.54) is 38.2 Å². The van der Waals surface area contributed by atoms with E-state index in [4.69, 9.17) is 0 Å². The van der Waals surface area contributed by atoms with Crippen molar-refractivity contribution in [3.63, 3.8) is 0 Å². The average Bonchev–Trinajstić information content (AvgIpc) is 2.83. The van der Waals surface area contributed by atoms with Gasteiger partial charge in [0.15, 0.2) is 0 Å². The Morgan fingerprint density at radius 3 is 2.71 bits per heavy atom. The minimum atomic E-state index is -0.0777. The zero-order valence-corrected chi connectivity index (χ0v) is 15.3. The quantitative estimate of drug-likeness (QED) is 0.673. The van der Waals surface area contributed by atoms with Crippen LogP contribution in [0.5, 0.6) is 0 Å². The van der Waals surface area contributed by atoms with Gasteiger partial charge >= 0.3 is 0 Å². The Labute approximate surface area is 143 Å². The predicted molar refractivity (Wildman–Crippen MR) is 95.4 cm³/mol. The van der Waals surface area contributed by atoms with Gasteiger partial charge in [-0.3, -0.25) is 0 Å². The lowest BCUT2D eigenvalue weighted by Crippen LogP contribution is -2.24. The number of nitrogens with one attached hydrogen (secondary N) is 1. The molecule has 0 aliphatic heterocycles. The molecule has 0 amide bonds. The monoisotopic (exact) mass is 415 g/mol. The third-order valence-electron chi connectivity index (χ3n) is 4.13. The third-order valence-corrected chi connectivity index (χ3v) is 6.10. The maximum Gasteiger partial charge on any atom is 0.129 e. The molecule has 1 atom stereocenters. The SMILES string of the molecule is Cc1cc(CNC2CCCc3sc(I)cc32)cc(C)c1F. The predicted octanol–water partition coefficient (Wildman–Crippen LogP) is 5.28. The van der Waals surface area contributed by atoms with E-state index in [0.717, 1.165) is 17.7 Å². The smallest absolute Gasteiger partial charge is 0.129 e. The Balaban J connectivity index is 1.74. The fourth-order valence-corrected chi connectivity index (χ4v) is 5.23. The third kappa shape index (κ3) is 3.32. The van der Waals surface area contributed by atoms with E-state index in [1.54, 1.807) is 0 Å². The van der Waals surface area contributed by atoms with Crippen LogP contribution in [0.2, 0.25) is 0 Å². The van der Waals surface area contributed by atoms with Crippen LogP contribution in [0, 0.1) is 22.5 Å². The van der Waals surface area contributed by atoms with Crippen molar-refractivity contribution in [2.45, 2.75) is 45.7 Å². The summed E-state index contributed by atoms with van der Waals surface area (Å²) in [6, 6.07) is 6.67. The molecule has 112 valence electrons. The number of benzene rings is 1. The standard InChI is InChI=1S/C17H19FINS/c1-10-6-12(7-11(2)17(10)18)9-20-14-4-3-5-15-13(14)8-16(19)21-15/h6-8,14,20H,3-5,9H2,1-2H3. The molecular weight excluding hydrogens is 396 g/mol. The second-order valence-corrected chi connectivity index (χ2v) is 8.83. The minimum Gasteiger partial charge on any atom is -0.306 e. The second kappa shape index (κ2) is 6.34. The lowest BCUT2D eigenvalue weighted by molar-refractivity contribution is 0.462. The highest BCUT2D eigenvalue weighted by atomic mass is 127. The summed E-state index contributed by atoms with van der Waals surface area (Å²) in [6.45, 7) is 4.48. The average molecular weight is 415 g/mol. The highest BCUT2D eigenvalue weighted by molar-refractivity contribution is 14.1. The van der Waals surface area contributed by atoms with Crippen molar-refractivity contribution < 1.29 is 4.39 Å². The molecule has 0 saturated heterocycles. The normalized spacial score (nSPS) is 17.8. The Morgan fingerprint density at radius 1 is 1.29 bits per heavy atom. The van der Waals surface area contributed by atoms with Crippen LogP contribution in [-0.4, -0.2) is 0 Å². The summed E-state index contributed by atoms with van der Waals surface area (Å²) in [6.07, 6.45) is 3.66. The van der Waals surface area contributed by atoms with Gasteiger partial charge in [-0.1, -0.05) is 12.1 Å². The van der Waals surface area contributed by atoms with Gasteiger partial charge in [-0.15, -0.1) is 11.3 Å². The molecule has 1 heterocycles. The second-order valence-electron chi connectivity index (χ2n) is 5.80. The molecule has 1 aliphatic carbocycles. The van der Waals surface area contributed by atoms with E-state index in [1.807, 2.05) is 37.3 Å². The van der Waals surface area contributed by atoms with Gasteiger partial charge in [0.25, 0.3) is 0 Å². The van der Waals surface area contributed by atoms with Crippen molar-refractivity contribution >= 4 is 33.9 Å². The number of aryl methyl sites for hydroxylation is 3. The highest BCUT2D eigenvalue weighted by Gasteiger charge is 2.22. The van der Waals surface area contributed by atoms with E-state index >= 15 is 0 Å². The Morgan fingerprint density at radius 2 is 2.00 bits per heavy atom. The maximum atomic E-state index is 13.7. The number of fused-ring (bicyclic) bond motifs is 1. The molecule has 3 rings (SSSR count). The van der Waals surface area contributed by atoms with E-state index < -0.39 is 0 Å². The number of rotatable bonds is 3. The fourth-order valence-electron chi connectivity index (χ4n) is 3.11. The van der Waals surface area contributed by atoms with E-state index in [0.29, 0.717) is 6.04 Å². The highest BCUT2D eigenvalue weighted by Crippen LogP contribution is 2.36. The molecule has 1 unspecified atom stereocenters. The van der Waals surface area contributed by atoms with Crippen LogP contribution in [0.3, 0.4) is 0 Å². The lowest BCUT2D eigenvalue weighted by atomic mass is 9.94. The molecule has 0 saturated carbocycles. The minimum absolute atomic E-state index is 0.0777. The van der Waals surface area contributed by atoms with Crippen LogP contribution < -0.4 is 5.32 Å². The molecule has 0 bridgehead atoms. The molecule has 0 fully saturated rings. The van der Waals surface area contributed by atoms with Gasteiger partial charge in [-0.25, -0.2) is 4.39 Å². The first kappa shape index (κ1) is 15.4. The van der Waals surface area contributed by atoms with E-state index in [-0.39, 0.29) is 5.82 Å². The molecule has 2 aromatic rings. The van der Waals surface area contributed by atoms with E-state index in [2.05, 4.69) is 34.0 Å². The van der Waals surface area contributed by atoms with Gasteiger partial charge in [-0.2, -0.15) is 0 Å². The molecule has 0 spiro atoms. The molecule has 21 heavy (non-hydrogen) atoms. The zero-order chi connectivity index (χ0) is 15.0. The zero-order valence-electron chi connectivity index (χ0n) is 12.3. The summed E-state index contributed by atoms with van der Waals surface area (Å²) < 4.78 is 15.1. The molecule has 1 nitrogen and oxygen atoms in total. The number of thiophene rings is 1. The Kier molecular flexibility index (Phi) is 4.66. The van der Waals surface area contributed by atoms with Crippen molar-refractivity contribution in [2.24, 2.45) is 0 Å². The van der Waals surface area contributed by atoms with Crippen molar-refractivity contribution in [3.05, 3.63) is 54.0 Å². The summed E-state index contributed by atoms with van der Waals surface area (Å²) in [4.78, 5) is 1.54. The number of halogens is 2. The number of hydrogen-bond acceptors (Lipinski definition) is 2. The van der Waals surface area contributed by atoms with Crippen molar-refractivity contribution in [1.82, 2.24) is 5.32 Å². The van der Waals surface area contributed by atoms with Gasteiger partial charge in [0.05, 0.1) is 2.88 Å². The van der Waals surface area contributed by atoms with E-state index in [9.17, 15) is 4.39 Å². The summed E-state index contributed by atoms with van der Waals surface area (Å²) in [5.74, 6) is -0.0777. The summed E-state index contributed by atoms with van der Waals surface area (Å²) in [7, 11) is 0. The van der Waals surface area contributed by atoms with Crippen molar-refractivity contribution in [1.29, 1.82) is 0 Å². The fraction of sp³-hybridized carbons (Fsp3) is 0.412. The molecule has 1 aliphatic rings. The van der Waals surface area contributed by atoms with Gasteiger partial charge in [0.1, 0.15) is 5.82 Å². The molecule has 1 aromatic carbocycles. The Bertz CT molecular complexity index is 642. The lowest BCUT2D eigenvalue weighted by Gasteiger charge is -2.24. The first-order chi connectivity index (χ1) is 10.0. The van der Waals surface area contributed by atoms with Gasteiger partial charge < -0.3 is 5.32 Å². The van der Waals surface area contributed by atoms with Crippen LogP contribution in [0.1, 0.15) is 46.0 Å². The molecule has 4 heteroatoms. The summed E-state index contributed by atoms with van der Waals surface area (Å²) in [5.41, 5.74) is 4.12. The van der Waals surface area contributed by atoms with Gasteiger partial charge in [-0.05, 0) is 84.0 Å². The first-order valence-electron chi connectivity index (χ1n) is 7.31. The molecule has 1 aromatic heterocycles. The molecule has 1 N–H and O–H groups in total. The van der Waals surface area contributed by atoms with Crippen LogP contribution in [-0.2, 0) is 13.0 Å². The van der Waals surface area contributed by atoms with Crippen LogP contribution in [0.15, 0.2) is 18.2 Å². The summed E-state index contributed by atoms with van der Waals surface area (Å²) >= 11 is 4.33. The van der Waals surface area contributed by atoms with Crippen LogP contribution in [0.25, 0.3) is 0 Å². The van der Waals surface area contributed by atoms with Crippen molar-refractivity contribution in [2.75, 3.05) is 0 Å². The molecule has 0 radical (unpaired) electrons. The Hall–Kier alpha value is -0.460. The van der Waals surface area contributed by atoms with Gasteiger partial charge in [0, 0.05) is 17.5 Å².